The number of halogens is 1. The molecular formula is C17H23ClN2OS. The number of benzene rings is 1. The van der Waals surface area contributed by atoms with Crippen molar-refractivity contribution in [2.45, 2.75) is 46.1 Å². The first-order valence-electron chi connectivity index (χ1n) is 7.63. The monoisotopic (exact) mass is 338 g/mol. The average Bonchev–Trinajstić information content (AvgIpc) is 2.36. The maximum Gasteiger partial charge on any atom is 0.258 e. The van der Waals surface area contributed by atoms with Crippen LogP contribution in [0.3, 0.4) is 0 Å². The zero-order chi connectivity index (χ0) is 16.3. The molecule has 0 heterocycles. The number of hydrogen-bond acceptors (Lipinski definition) is 2. The van der Waals surface area contributed by atoms with Gasteiger partial charge in [0.05, 0.1) is 10.6 Å². The topological polar surface area (TPSA) is 41.1 Å². The predicted molar refractivity (Wildman–Crippen MR) is 95.2 cm³/mol. The van der Waals surface area contributed by atoms with Gasteiger partial charge in [-0.2, -0.15) is 0 Å². The highest BCUT2D eigenvalue weighted by Crippen LogP contribution is 2.38. The SMILES string of the molecule is CC1CC(NC(=S)NC(=O)c2ccccc2Cl)CC(C)(C)C1. The van der Waals surface area contributed by atoms with Gasteiger partial charge in [-0.05, 0) is 54.9 Å². The van der Waals surface area contributed by atoms with Gasteiger partial charge < -0.3 is 5.32 Å². The molecule has 1 aliphatic carbocycles. The van der Waals surface area contributed by atoms with Crippen LogP contribution in [0.4, 0.5) is 0 Å². The van der Waals surface area contributed by atoms with Crippen LogP contribution in [-0.4, -0.2) is 17.1 Å². The smallest absolute Gasteiger partial charge is 0.258 e. The summed E-state index contributed by atoms with van der Waals surface area (Å²) in [7, 11) is 0. The van der Waals surface area contributed by atoms with Crippen molar-refractivity contribution >= 4 is 34.8 Å². The zero-order valence-corrected chi connectivity index (χ0v) is 14.9. The quantitative estimate of drug-likeness (QED) is 0.795. The average molecular weight is 339 g/mol. The Balaban J connectivity index is 1.93. The summed E-state index contributed by atoms with van der Waals surface area (Å²) in [6.07, 6.45) is 3.36. The molecule has 5 heteroatoms. The van der Waals surface area contributed by atoms with Crippen molar-refractivity contribution in [3.8, 4) is 0 Å². The lowest BCUT2D eigenvalue weighted by Gasteiger charge is -2.39. The fraction of sp³-hybridized carbons (Fsp3) is 0.529. The standard InChI is InChI=1S/C17H23ClN2OS/c1-11-8-12(10-17(2,3)9-11)19-16(22)20-15(21)13-6-4-5-7-14(13)18/h4-7,11-12H,8-10H2,1-3H3,(H2,19,20,21,22). The summed E-state index contributed by atoms with van der Waals surface area (Å²) in [5, 5.41) is 6.81. The van der Waals surface area contributed by atoms with Crippen molar-refractivity contribution in [2.75, 3.05) is 0 Å². The Hall–Kier alpha value is -1.13. The van der Waals surface area contributed by atoms with Crippen molar-refractivity contribution in [1.82, 2.24) is 10.6 Å². The van der Waals surface area contributed by atoms with Crippen LogP contribution in [-0.2, 0) is 0 Å². The molecule has 120 valence electrons. The van der Waals surface area contributed by atoms with Gasteiger partial charge in [-0.3, -0.25) is 10.1 Å². The molecule has 1 fully saturated rings. The van der Waals surface area contributed by atoms with Crippen LogP contribution in [0.2, 0.25) is 5.02 Å². The van der Waals surface area contributed by atoms with Gasteiger partial charge >= 0.3 is 0 Å². The van der Waals surface area contributed by atoms with Crippen molar-refractivity contribution in [2.24, 2.45) is 11.3 Å². The van der Waals surface area contributed by atoms with Gasteiger partial charge in [0.25, 0.3) is 5.91 Å². The van der Waals surface area contributed by atoms with Gasteiger partial charge in [0.15, 0.2) is 5.11 Å². The molecule has 1 amide bonds. The van der Waals surface area contributed by atoms with Crippen LogP contribution in [0.25, 0.3) is 0 Å². The Morgan fingerprint density at radius 3 is 2.64 bits per heavy atom. The molecule has 0 bridgehead atoms. The molecule has 2 atom stereocenters. The van der Waals surface area contributed by atoms with Crippen LogP contribution >= 0.6 is 23.8 Å². The first-order valence-corrected chi connectivity index (χ1v) is 8.42. The van der Waals surface area contributed by atoms with E-state index in [-0.39, 0.29) is 5.91 Å². The molecule has 0 saturated heterocycles. The number of nitrogens with one attached hydrogen (secondary N) is 2. The van der Waals surface area contributed by atoms with Gasteiger partial charge in [0.1, 0.15) is 0 Å². The molecule has 2 N–H and O–H groups in total. The number of carbonyl (C=O) groups excluding carboxylic acids is 1. The third kappa shape index (κ3) is 4.68. The lowest BCUT2D eigenvalue weighted by Crippen LogP contribution is -2.48. The largest absolute Gasteiger partial charge is 0.360 e. The lowest BCUT2D eigenvalue weighted by atomic mass is 9.71. The number of amides is 1. The summed E-state index contributed by atoms with van der Waals surface area (Å²) in [6, 6.07) is 7.26. The Bertz CT molecular complexity index is 574. The van der Waals surface area contributed by atoms with Crippen molar-refractivity contribution in [1.29, 1.82) is 0 Å². The highest BCUT2D eigenvalue weighted by atomic mass is 35.5. The van der Waals surface area contributed by atoms with Crippen molar-refractivity contribution in [3.63, 3.8) is 0 Å². The lowest BCUT2D eigenvalue weighted by molar-refractivity contribution is 0.0975. The summed E-state index contributed by atoms with van der Waals surface area (Å²) < 4.78 is 0. The number of rotatable bonds is 2. The molecule has 2 unspecified atom stereocenters. The fourth-order valence-corrected chi connectivity index (χ4v) is 3.97. The molecule has 0 spiro atoms. The second-order valence-electron chi connectivity index (χ2n) is 7.02. The normalized spacial score (nSPS) is 23.6. The van der Waals surface area contributed by atoms with Crippen LogP contribution in [0.5, 0.6) is 0 Å². The molecule has 1 saturated carbocycles. The fourth-order valence-electron chi connectivity index (χ4n) is 3.49. The third-order valence-corrected chi connectivity index (χ3v) is 4.62. The van der Waals surface area contributed by atoms with Gasteiger partial charge in [-0.1, -0.05) is 44.5 Å². The number of carbonyl (C=O) groups is 1. The Morgan fingerprint density at radius 2 is 2.00 bits per heavy atom. The summed E-state index contributed by atoms with van der Waals surface area (Å²) in [5.74, 6) is 0.384. The van der Waals surface area contributed by atoms with Gasteiger partial charge in [0.2, 0.25) is 0 Å². The minimum Gasteiger partial charge on any atom is -0.360 e. The van der Waals surface area contributed by atoms with Crippen molar-refractivity contribution < 1.29 is 4.79 Å². The molecule has 0 radical (unpaired) electrons. The van der Waals surface area contributed by atoms with Gasteiger partial charge in [0, 0.05) is 6.04 Å². The number of thiocarbonyl (C=S) groups is 1. The maximum absolute atomic E-state index is 12.2. The molecule has 0 aromatic heterocycles. The van der Waals surface area contributed by atoms with E-state index in [4.69, 9.17) is 23.8 Å². The van der Waals surface area contributed by atoms with E-state index in [0.717, 1.165) is 12.8 Å². The van der Waals surface area contributed by atoms with Crippen LogP contribution in [0.15, 0.2) is 24.3 Å². The highest BCUT2D eigenvalue weighted by Gasteiger charge is 2.32. The van der Waals surface area contributed by atoms with Crippen molar-refractivity contribution in [3.05, 3.63) is 34.9 Å². The Labute approximate surface area is 142 Å². The van der Waals surface area contributed by atoms with E-state index < -0.39 is 0 Å². The van der Waals surface area contributed by atoms with E-state index in [2.05, 4.69) is 31.4 Å². The Kier molecular flexibility index (Phi) is 5.45. The zero-order valence-electron chi connectivity index (χ0n) is 13.3. The van der Waals surface area contributed by atoms with Gasteiger partial charge in [-0.15, -0.1) is 0 Å². The molecule has 1 aromatic carbocycles. The summed E-state index contributed by atoms with van der Waals surface area (Å²) in [5.41, 5.74) is 0.739. The van der Waals surface area contributed by atoms with E-state index in [9.17, 15) is 4.79 Å². The highest BCUT2D eigenvalue weighted by molar-refractivity contribution is 7.80. The van der Waals surface area contributed by atoms with Crippen LogP contribution in [0, 0.1) is 11.3 Å². The molecule has 3 nitrogen and oxygen atoms in total. The van der Waals surface area contributed by atoms with E-state index in [1.54, 1.807) is 24.3 Å². The van der Waals surface area contributed by atoms with E-state index in [1.807, 2.05) is 0 Å². The first kappa shape index (κ1) is 17.2. The number of hydrogen-bond donors (Lipinski definition) is 2. The minimum atomic E-state index is -0.272. The van der Waals surface area contributed by atoms with Crippen LogP contribution in [0.1, 0.15) is 50.4 Å². The van der Waals surface area contributed by atoms with Gasteiger partial charge in [-0.25, -0.2) is 0 Å². The van der Waals surface area contributed by atoms with E-state index in [1.165, 1.54) is 6.42 Å². The first-order chi connectivity index (χ1) is 10.3. The van der Waals surface area contributed by atoms with E-state index >= 15 is 0 Å². The maximum atomic E-state index is 12.2. The molecule has 1 aliphatic rings. The molecule has 2 rings (SSSR count). The molecule has 0 aliphatic heterocycles. The molecule has 22 heavy (non-hydrogen) atoms. The second kappa shape index (κ2) is 6.97. The second-order valence-corrected chi connectivity index (χ2v) is 7.83. The predicted octanol–water partition coefficient (Wildman–Crippen LogP) is 4.16. The summed E-state index contributed by atoms with van der Waals surface area (Å²) in [4.78, 5) is 12.2. The minimum absolute atomic E-state index is 0.272. The molecular weight excluding hydrogens is 316 g/mol. The molecule has 1 aromatic rings. The third-order valence-electron chi connectivity index (χ3n) is 4.07. The summed E-state index contributed by atoms with van der Waals surface area (Å²) in [6.45, 7) is 6.83. The van der Waals surface area contributed by atoms with E-state index in [0.29, 0.717) is 33.1 Å². The summed E-state index contributed by atoms with van der Waals surface area (Å²) >= 11 is 11.3. The Morgan fingerprint density at radius 1 is 1.32 bits per heavy atom. The van der Waals surface area contributed by atoms with Crippen LogP contribution < -0.4 is 10.6 Å².